The second kappa shape index (κ2) is 11.8. The molecule has 1 aliphatic rings. The Morgan fingerprint density at radius 1 is 1.21 bits per heavy atom. The summed E-state index contributed by atoms with van der Waals surface area (Å²) >= 11 is 6.96. The summed E-state index contributed by atoms with van der Waals surface area (Å²) in [4.78, 5) is 23.8. The van der Waals surface area contributed by atoms with Crippen molar-refractivity contribution < 1.29 is 9.53 Å². The number of anilines is 1. The lowest BCUT2D eigenvalue weighted by molar-refractivity contribution is -0.118. The topological polar surface area (TPSA) is 45.7 Å². The number of benzene rings is 2. The van der Waals surface area contributed by atoms with Crippen molar-refractivity contribution in [2.75, 3.05) is 44.3 Å². The highest BCUT2D eigenvalue weighted by atomic mass is 79.9. The third kappa shape index (κ3) is 7.02. The van der Waals surface area contributed by atoms with E-state index in [2.05, 4.69) is 65.0 Å². The van der Waals surface area contributed by atoms with Crippen LogP contribution in [0.3, 0.4) is 0 Å². The second-order valence-electron chi connectivity index (χ2n) is 8.45. The maximum Gasteiger partial charge on any atom is 0.233 e. The number of carbonyl (C=O) groups excluding carboxylic acids is 1. The van der Waals surface area contributed by atoms with Gasteiger partial charge in [0.2, 0.25) is 5.91 Å². The normalized spacial score (nSPS) is 14.8. The van der Waals surface area contributed by atoms with Crippen molar-refractivity contribution in [3.05, 3.63) is 52.5 Å². The number of fused-ring (bicyclic) bond motifs is 1. The smallest absolute Gasteiger partial charge is 0.233 e. The number of thiazole rings is 1. The Morgan fingerprint density at radius 3 is 2.70 bits per heavy atom. The lowest BCUT2D eigenvalue weighted by atomic mass is 10.1. The van der Waals surface area contributed by atoms with Crippen LogP contribution in [0.5, 0.6) is 0 Å². The van der Waals surface area contributed by atoms with Gasteiger partial charge in [0.05, 0.1) is 29.9 Å². The number of morpholine rings is 1. The fraction of sp³-hybridized carbons (Fsp3) is 0.440. The number of aromatic nitrogens is 1. The standard InChI is InChI=1S/C25H30BrN3O2S2/c1-18(2)32-21-7-4-19(5-8-21)16-24(30)29(11-3-10-28-12-14-31-15-13-28)25-27-22-9-6-20(26)17-23(22)33-25/h4-9,17-18H,3,10-16H2,1-2H3. The van der Waals surface area contributed by atoms with Gasteiger partial charge in [-0.05, 0) is 42.3 Å². The van der Waals surface area contributed by atoms with Gasteiger partial charge in [0, 0.05) is 40.8 Å². The molecule has 0 saturated carbocycles. The van der Waals surface area contributed by atoms with Gasteiger partial charge < -0.3 is 4.74 Å². The van der Waals surface area contributed by atoms with E-state index < -0.39 is 0 Å². The number of carbonyl (C=O) groups is 1. The van der Waals surface area contributed by atoms with E-state index in [0.29, 0.717) is 18.2 Å². The van der Waals surface area contributed by atoms with Gasteiger partial charge in [0.1, 0.15) is 0 Å². The summed E-state index contributed by atoms with van der Waals surface area (Å²) in [5.74, 6) is 0.0966. The van der Waals surface area contributed by atoms with Crippen molar-refractivity contribution >= 4 is 60.3 Å². The minimum atomic E-state index is 0.0966. The Bertz CT molecular complexity index is 1070. The minimum Gasteiger partial charge on any atom is -0.379 e. The molecule has 1 aromatic heterocycles. The van der Waals surface area contributed by atoms with E-state index in [1.54, 1.807) is 11.3 Å². The fourth-order valence-corrected chi connectivity index (χ4v) is 6.23. The van der Waals surface area contributed by atoms with Crippen molar-refractivity contribution in [2.24, 2.45) is 0 Å². The number of thioether (sulfide) groups is 1. The summed E-state index contributed by atoms with van der Waals surface area (Å²) in [5, 5.41) is 1.32. The summed E-state index contributed by atoms with van der Waals surface area (Å²) in [6, 6.07) is 14.4. The monoisotopic (exact) mass is 547 g/mol. The van der Waals surface area contributed by atoms with E-state index >= 15 is 0 Å². The first-order valence-electron chi connectivity index (χ1n) is 11.4. The molecule has 2 heterocycles. The molecule has 0 atom stereocenters. The van der Waals surface area contributed by atoms with Crippen LogP contribution in [0.1, 0.15) is 25.8 Å². The SMILES string of the molecule is CC(C)Sc1ccc(CC(=O)N(CCCN2CCOCC2)c2nc3ccc(Br)cc3s2)cc1. The van der Waals surface area contributed by atoms with Gasteiger partial charge in [-0.3, -0.25) is 14.6 Å². The molecule has 1 saturated heterocycles. The lowest BCUT2D eigenvalue weighted by Crippen LogP contribution is -2.39. The molecule has 8 heteroatoms. The average molecular weight is 549 g/mol. The van der Waals surface area contributed by atoms with E-state index in [-0.39, 0.29) is 5.91 Å². The summed E-state index contributed by atoms with van der Waals surface area (Å²) in [5.41, 5.74) is 1.97. The molecule has 176 valence electrons. The van der Waals surface area contributed by atoms with Gasteiger partial charge in [0.25, 0.3) is 0 Å². The fourth-order valence-electron chi connectivity index (χ4n) is 3.83. The Hall–Kier alpha value is -1.45. The Morgan fingerprint density at radius 2 is 1.97 bits per heavy atom. The van der Waals surface area contributed by atoms with E-state index in [9.17, 15) is 4.79 Å². The maximum absolute atomic E-state index is 13.4. The average Bonchev–Trinajstić information content (AvgIpc) is 3.21. The highest BCUT2D eigenvalue weighted by Gasteiger charge is 2.21. The number of halogens is 1. The Labute approximate surface area is 212 Å². The van der Waals surface area contributed by atoms with E-state index in [1.807, 2.05) is 28.8 Å². The second-order valence-corrected chi connectivity index (χ2v) is 12.0. The van der Waals surface area contributed by atoms with Crippen molar-refractivity contribution in [3.8, 4) is 0 Å². The van der Waals surface area contributed by atoms with Crippen LogP contribution in [0, 0.1) is 0 Å². The molecular formula is C25H30BrN3O2S2. The molecule has 5 nitrogen and oxygen atoms in total. The van der Waals surface area contributed by atoms with Crippen molar-refractivity contribution in [3.63, 3.8) is 0 Å². The molecule has 1 amide bonds. The first-order chi connectivity index (χ1) is 16.0. The van der Waals surface area contributed by atoms with Crippen LogP contribution in [0.4, 0.5) is 5.13 Å². The molecule has 0 aliphatic carbocycles. The predicted octanol–water partition coefficient (Wildman–Crippen LogP) is 5.86. The van der Waals surface area contributed by atoms with Crippen molar-refractivity contribution in [1.82, 2.24) is 9.88 Å². The van der Waals surface area contributed by atoms with Gasteiger partial charge in [-0.15, -0.1) is 11.8 Å². The number of nitrogens with zero attached hydrogens (tertiary/aromatic N) is 3. The van der Waals surface area contributed by atoms with Crippen LogP contribution in [0.25, 0.3) is 10.2 Å². The molecule has 33 heavy (non-hydrogen) atoms. The molecule has 0 unspecified atom stereocenters. The first kappa shape index (κ1) is 24.7. The van der Waals surface area contributed by atoms with Crippen LogP contribution in [-0.2, 0) is 16.0 Å². The molecule has 3 aromatic rings. The third-order valence-electron chi connectivity index (χ3n) is 5.48. The van der Waals surface area contributed by atoms with Gasteiger partial charge in [-0.25, -0.2) is 4.98 Å². The van der Waals surface area contributed by atoms with Crippen molar-refractivity contribution in [1.29, 1.82) is 0 Å². The number of rotatable bonds is 9. The molecule has 2 aromatic carbocycles. The van der Waals surface area contributed by atoms with Crippen LogP contribution >= 0.6 is 39.0 Å². The van der Waals surface area contributed by atoms with E-state index in [1.165, 1.54) is 4.90 Å². The largest absolute Gasteiger partial charge is 0.379 e. The Kier molecular flexibility index (Phi) is 8.82. The number of amides is 1. The number of hydrogen-bond acceptors (Lipinski definition) is 6. The van der Waals surface area contributed by atoms with Crippen LogP contribution in [-0.4, -0.2) is 60.4 Å². The summed E-state index contributed by atoms with van der Waals surface area (Å²) in [6.07, 6.45) is 1.29. The van der Waals surface area contributed by atoms with Gasteiger partial charge in [0.15, 0.2) is 5.13 Å². The molecule has 1 fully saturated rings. The van der Waals surface area contributed by atoms with Gasteiger partial charge in [-0.1, -0.05) is 53.2 Å². The molecule has 0 radical (unpaired) electrons. The van der Waals surface area contributed by atoms with Crippen LogP contribution in [0.2, 0.25) is 0 Å². The molecule has 4 rings (SSSR count). The number of hydrogen-bond donors (Lipinski definition) is 0. The summed E-state index contributed by atoms with van der Waals surface area (Å²) in [7, 11) is 0. The number of ether oxygens (including phenoxy) is 1. The molecule has 0 bridgehead atoms. The highest BCUT2D eigenvalue weighted by Crippen LogP contribution is 2.31. The highest BCUT2D eigenvalue weighted by molar-refractivity contribution is 9.10. The van der Waals surface area contributed by atoms with Gasteiger partial charge >= 0.3 is 0 Å². The Balaban J connectivity index is 1.48. The third-order valence-corrected chi connectivity index (χ3v) is 8.03. The molecular weight excluding hydrogens is 518 g/mol. The summed E-state index contributed by atoms with van der Waals surface area (Å²) < 4.78 is 7.56. The quantitative estimate of drug-likeness (QED) is 0.314. The van der Waals surface area contributed by atoms with E-state index in [4.69, 9.17) is 9.72 Å². The first-order valence-corrected chi connectivity index (χ1v) is 13.9. The predicted molar refractivity (Wildman–Crippen MR) is 143 cm³/mol. The van der Waals surface area contributed by atoms with E-state index in [0.717, 1.165) is 64.7 Å². The van der Waals surface area contributed by atoms with Crippen LogP contribution < -0.4 is 4.90 Å². The zero-order valence-corrected chi connectivity index (χ0v) is 22.3. The molecule has 1 aliphatic heterocycles. The van der Waals surface area contributed by atoms with Crippen LogP contribution in [0.15, 0.2) is 51.8 Å². The zero-order chi connectivity index (χ0) is 23.2. The minimum absolute atomic E-state index is 0.0966. The lowest BCUT2D eigenvalue weighted by Gasteiger charge is -2.27. The van der Waals surface area contributed by atoms with Crippen molar-refractivity contribution in [2.45, 2.75) is 36.8 Å². The zero-order valence-electron chi connectivity index (χ0n) is 19.1. The molecule has 0 spiro atoms. The molecule has 0 N–H and O–H groups in total. The van der Waals surface area contributed by atoms with Gasteiger partial charge in [-0.2, -0.15) is 0 Å². The summed E-state index contributed by atoms with van der Waals surface area (Å²) in [6.45, 7) is 9.51. The maximum atomic E-state index is 13.4.